The summed E-state index contributed by atoms with van der Waals surface area (Å²) in [6.07, 6.45) is 0. The number of benzene rings is 2. The molecule has 0 bridgehead atoms. The molecule has 9 heteroatoms. The number of furan rings is 1. The van der Waals surface area contributed by atoms with Gasteiger partial charge >= 0.3 is 0 Å². The van der Waals surface area contributed by atoms with Gasteiger partial charge < -0.3 is 24.1 Å². The Bertz CT molecular complexity index is 1140. The number of carbonyl (C=O) groups is 2. The van der Waals surface area contributed by atoms with Crippen LogP contribution in [0.5, 0.6) is 5.75 Å². The Morgan fingerprint density at radius 2 is 1.76 bits per heavy atom. The highest BCUT2D eigenvalue weighted by Gasteiger charge is 2.27. The van der Waals surface area contributed by atoms with Gasteiger partial charge in [-0.05, 0) is 29.8 Å². The summed E-state index contributed by atoms with van der Waals surface area (Å²) < 4.78 is 17.4. The summed E-state index contributed by atoms with van der Waals surface area (Å²) in [5, 5.41) is 3.52. The van der Waals surface area contributed by atoms with Crippen LogP contribution in [0.1, 0.15) is 20.7 Å². The molecule has 1 N–H and O–H groups in total. The van der Waals surface area contributed by atoms with E-state index in [1.165, 1.54) is 17.1 Å². The van der Waals surface area contributed by atoms with E-state index in [0.29, 0.717) is 53.3 Å². The lowest BCUT2D eigenvalue weighted by Crippen LogP contribution is -2.40. The topological polar surface area (TPSA) is 81.0 Å². The average molecular weight is 485 g/mol. The van der Waals surface area contributed by atoms with Crippen LogP contribution >= 0.6 is 23.5 Å². The Morgan fingerprint density at radius 3 is 2.52 bits per heavy atom. The fourth-order valence-corrected chi connectivity index (χ4v) is 6.69. The zero-order valence-corrected chi connectivity index (χ0v) is 19.6. The largest absolute Gasteiger partial charge is 0.484 e. The summed E-state index contributed by atoms with van der Waals surface area (Å²) in [4.78, 5) is 27.5. The lowest BCUT2D eigenvalue weighted by atomic mass is 10.2. The molecule has 172 valence electrons. The van der Waals surface area contributed by atoms with E-state index in [1.807, 2.05) is 66.0 Å². The number of nitrogens with one attached hydrogen (secondary N) is 1. The lowest BCUT2D eigenvalue weighted by Gasteiger charge is -2.26. The van der Waals surface area contributed by atoms with Crippen molar-refractivity contribution in [1.29, 1.82) is 0 Å². The number of ether oxygens (including phenoxy) is 2. The third kappa shape index (κ3) is 5.00. The van der Waals surface area contributed by atoms with Crippen LogP contribution in [-0.4, -0.2) is 61.1 Å². The Kier molecular flexibility index (Phi) is 6.80. The normalized spacial score (nSPS) is 16.8. The molecule has 5 rings (SSSR count). The molecule has 2 amide bonds. The maximum absolute atomic E-state index is 13.1. The lowest BCUT2D eigenvalue weighted by molar-refractivity contribution is -0.118. The van der Waals surface area contributed by atoms with Crippen molar-refractivity contribution in [3.05, 3.63) is 59.9 Å². The summed E-state index contributed by atoms with van der Waals surface area (Å²) in [7, 11) is 0. The average Bonchev–Trinajstić information content (AvgIpc) is 3.52. The number of thioether (sulfide) groups is 2. The van der Waals surface area contributed by atoms with Gasteiger partial charge in [0.05, 0.1) is 17.8 Å². The van der Waals surface area contributed by atoms with E-state index >= 15 is 0 Å². The first-order valence-electron chi connectivity index (χ1n) is 10.8. The molecule has 0 atom stereocenters. The number of morpholine rings is 1. The standard InChI is InChI=1S/C24H24N2O5S2/c27-20(15-30-17-7-5-16(6-8-17)24-32-13-14-33-24)25-21-18-3-1-2-4-19(18)31-22(21)23(28)26-9-11-29-12-10-26/h1-8,24H,9-15H2,(H,25,27). The molecule has 0 aliphatic carbocycles. The number of amides is 2. The molecule has 2 aliphatic rings. The Balaban J connectivity index is 1.28. The maximum Gasteiger partial charge on any atom is 0.291 e. The number of fused-ring (bicyclic) bond motifs is 1. The molecule has 7 nitrogen and oxygen atoms in total. The minimum absolute atomic E-state index is 0.127. The molecule has 2 saturated heterocycles. The number of rotatable bonds is 6. The molecule has 3 aromatic rings. The first-order valence-corrected chi connectivity index (χ1v) is 12.9. The molecular weight excluding hydrogens is 460 g/mol. The molecule has 0 saturated carbocycles. The zero-order chi connectivity index (χ0) is 22.6. The van der Waals surface area contributed by atoms with Crippen molar-refractivity contribution in [3.63, 3.8) is 0 Å². The Hall–Kier alpha value is -2.62. The van der Waals surface area contributed by atoms with Gasteiger partial charge in [0.2, 0.25) is 5.76 Å². The fourth-order valence-electron chi connectivity index (χ4n) is 3.83. The van der Waals surface area contributed by atoms with Gasteiger partial charge in [0, 0.05) is 30.0 Å². The van der Waals surface area contributed by atoms with Crippen molar-refractivity contribution < 1.29 is 23.5 Å². The van der Waals surface area contributed by atoms with Crippen molar-refractivity contribution in [2.24, 2.45) is 0 Å². The van der Waals surface area contributed by atoms with E-state index in [1.54, 1.807) is 11.0 Å². The van der Waals surface area contributed by atoms with Gasteiger partial charge in [0.1, 0.15) is 17.0 Å². The third-order valence-corrected chi connectivity index (χ3v) is 8.60. The summed E-state index contributed by atoms with van der Waals surface area (Å²) in [6.45, 7) is 1.77. The monoisotopic (exact) mass is 484 g/mol. The molecule has 0 unspecified atom stereocenters. The van der Waals surface area contributed by atoms with E-state index in [4.69, 9.17) is 13.9 Å². The van der Waals surface area contributed by atoms with E-state index in [2.05, 4.69) is 5.32 Å². The van der Waals surface area contributed by atoms with Crippen molar-refractivity contribution in [1.82, 2.24) is 4.90 Å². The van der Waals surface area contributed by atoms with Gasteiger partial charge in [-0.3, -0.25) is 9.59 Å². The Labute approximate surface area is 200 Å². The van der Waals surface area contributed by atoms with Crippen molar-refractivity contribution in [3.8, 4) is 5.75 Å². The van der Waals surface area contributed by atoms with Crippen LogP contribution in [0.3, 0.4) is 0 Å². The van der Waals surface area contributed by atoms with E-state index in [0.717, 1.165) is 0 Å². The van der Waals surface area contributed by atoms with Gasteiger partial charge in [0.25, 0.3) is 11.8 Å². The molecule has 2 aliphatic heterocycles. The van der Waals surface area contributed by atoms with Crippen molar-refractivity contribution in [2.75, 3.05) is 49.7 Å². The number of hydrogen-bond donors (Lipinski definition) is 1. The zero-order valence-electron chi connectivity index (χ0n) is 18.0. The Morgan fingerprint density at radius 1 is 1.03 bits per heavy atom. The SMILES string of the molecule is O=C(COc1ccc(C2SCCS2)cc1)Nc1c(C(=O)N2CCOCC2)oc2ccccc12. The minimum atomic E-state index is -0.358. The van der Waals surface area contributed by atoms with Crippen LogP contribution < -0.4 is 10.1 Å². The van der Waals surface area contributed by atoms with Crippen molar-refractivity contribution >= 4 is 52.0 Å². The second-order valence-corrected chi connectivity index (χ2v) is 10.4. The molecule has 3 heterocycles. The molecule has 0 radical (unpaired) electrons. The molecule has 0 spiro atoms. The summed E-state index contributed by atoms with van der Waals surface area (Å²) >= 11 is 3.90. The van der Waals surface area contributed by atoms with Gasteiger partial charge in [-0.1, -0.05) is 24.3 Å². The second kappa shape index (κ2) is 10.1. The van der Waals surface area contributed by atoms with Gasteiger partial charge in [-0.15, -0.1) is 23.5 Å². The predicted molar refractivity (Wildman–Crippen MR) is 131 cm³/mol. The highest BCUT2D eigenvalue weighted by molar-refractivity contribution is 8.19. The van der Waals surface area contributed by atoms with Crippen molar-refractivity contribution in [2.45, 2.75) is 4.58 Å². The van der Waals surface area contributed by atoms with Crippen LogP contribution in [0, 0.1) is 0 Å². The van der Waals surface area contributed by atoms with Gasteiger partial charge in [0.15, 0.2) is 6.61 Å². The number of hydrogen-bond acceptors (Lipinski definition) is 7. The third-order valence-electron chi connectivity index (χ3n) is 5.50. The van der Waals surface area contributed by atoms with E-state index in [-0.39, 0.29) is 24.2 Å². The smallest absolute Gasteiger partial charge is 0.291 e. The number of nitrogens with zero attached hydrogens (tertiary/aromatic N) is 1. The van der Waals surface area contributed by atoms with Gasteiger partial charge in [-0.25, -0.2) is 0 Å². The van der Waals surface area contributed by atoms with Crippen LogP contribution in [0.2, 0.25) is 0 Å². The predicted octanol–water partition coefficient (Wildman–Crippen LogP) is 4.40. The van der Waals surface area contributed by atoms with Crippen LogP contribution in [0.25, 0.3) is 11.0 Å². The number of carbonyl (C=O) groups excluding carboxylic acids is 2. The number of para-hydroxylation sites is 1. The van der Waals surface area contributed by atoms with Crippen LogP contribution in [0.4, 0.5) is 5.69 Å². The van der Waals surface area contributed by atoms with E-state index < -0.39 is 0 Å². The molecule has 2 aromatic carbocycles. The van der Waals surface area contributed by atoms with Gasteiger partial charge in [-0.2, -0.15) is 0 Å². The minimum Gasteiger partial charge on any atom is -0.484 e. The highest BCUT2D eigenvalue weighted by Crippen LogP contribution is 2.45. The molecule has 1 aromatic heterocycles. The summed E-state index contributed by atoms with van der Waals surface area (Å²) in [5.74, 6) is 2.48. The molecule has 2 fully saturated rings. The highest BCUT2D eigenvalue weighted by atomic mass is 32.2. The summed E-state index contributed by atoms with van der Waals surface area (Å²) in [6, 6.07) is 15.2. The number of anilines is 1. The molecule has 33 heavy (non-hydrogen) atoms. The van der Waals surface area contributed by atoms with Crippen LogP contribution in [-0.2, 0) is 9.53 Å². The maximum atomic E-state index is 13.1. The van der Waals surface area contributed by atoms with E-state index in [9.17, 15) is 9.59 Å². The van der Waals surface area contributed by atoms with Crippen LogP contribution in [0.15, 0.2) is 52.9 Å². The quantitative estimate of drug-likeness (QED) is 0.555. The fraction of sp³-hybridized carbons (Fsp3) is 0.333. The first-order chi connectivity index (χ1) is 16.2. The molecular formula is C24H24N2O5S2. The summed E-state index contributed by atoms with van der Waals surface area (Å²) in [5.41, 5.74) is 2.18. The first kappa shape index (κ1) is 22.2. The second-order valence-electron chi connectivity index (χ2n) is 7.69.